The number of nitrogens with zero attached hydrogens (tertiary/aromatic N) is 2. The van der Waals surface area contributed by atoms with Crippen LogP contribution in [0.15, 0.2) is 83.3 Å². The Hall–Kier alpha value is -3.17. The lowest BCUT2D eigenvalue weighted by Crippen LogP contribution is -2.54. The predicted molar refractivity (Wildman–Crippen MR) is 162 cm³/mol. The van der Waals surface area contributed by atoms with Gasteiger partial charge in [0.15, 0.2) is 0 Å². The van der Waals surface area contributed by atoms with Gasteiger partial charge < -0.3 is 10.2 Å². The number of anilines is 1. The number of carbonyl (C=O) groups is 2. The lowest BCUT2D eigenvalue weighted by molar-refractivity contribution is -0.140. The normalized spacial score (nSPS) is 14.5. The third kappa shape index (κ3) is 7.95. The van der Waals surface area contributed by atoms with Crippen molar-refractivity contribution in [3.63, 3.8) is 0 Å². The summed E-state index contributed by atoms with van der Waals surface area (Å²) in [6.07, 6.45) is 5.35. The lowest BCUT2D eigenvalue weighted by atomic mass is 10.0. The Morgan fingerprint density at radius 2 is 1.60 bits per heavy atom. The minimum Gasteiger partial charge on any atom is -0.352 e. The van der Waals surface area contributed by atoms with Gasteiger partial charge in [-0.15, -0.1) is 0 Å². The van der Waals surface area contributed by atoms with Crippen molar-refractivity contribution in [2.75, 3.05) is 17.1 Å². The van der Waals surface area contributed by atoms with Crippen molar-refractivity contribution in [1.29, 1.82) is 0 Å². The second kappa shape index (κ2) is 13.5. The largest absolute Gasteiger partial charge is 0.352 e. The first-order valence-electron chi connectivity index (χ1n) is 13.5. The molecule has 3 aromatic rings. The molecule has 40 heavy (non-hydrogen) atoms. The Morgan fingerprint density at radius 3 is 2.25 bits per heavy atom. The van der Waals surface area contributed by atoms with Gasteiger partial charge in [0.05, 0.1) is 11.9 Å². The molecule has 0 unspecified atom stereocenters. The Labute approximate surface area is 245 Å². The summed E-state index contributed by atoms with van der Waals surface area (Å²) in [5.74, 6) is -0.672. The van der Waals surface area contributed by atoms with Crippen LogP contribution in [0, 0.1) is 6.92 Å². The quantitative estimate of drug-likeness (QED) is 0.316. The molecule has 4 rings (SSSR count). The standard InChI is InChI=1S/C31H36BrN3O4S/c1-23-11-10-14-25(19-23)21-34(30(36)22-35(40(2,38)39)28-18-9-8-17-27(28)32)29(20-24-12-4-3-5-13-24)31(37)33-26-15-6-7-16-26/h3-5,8-14,17-19,26,29H,6-7,15-16,20-22H2,1-2H3,(H,33,37)/t29-/m1/s1. The van der Waals surface area contributed by atoms with E-state index >= 15 is 0 Å². The average Bonchev–Trinajstić information content (AvgIpc) is 3.43. The molecule has 3 aromatic carbocycles. The zero-order valence-corrected chi connectivity index (χ0v) is 25.3. The molecule has 0 heterocycles. The van der Waals surface area contributed by atoms with E-state index in [9.17, 15) is 18.0 Å². The van der Waals surface area contributed by atoms with Crippen LogP contribution in [0.3, 0.4) is 0 Å². The molecule has 1 atom stereocenters. The van der Waals surface area contributed by atoms with Gasteiger partial charge in [0.1, 0.15) is 12.6 Å². The number of hydrogen-bond acceptors (Lipinski definition) is 4. The van der Waals surface area contributed by atoms with Gasteiger partial charge in [-0.05, 0) is 59.0 Å². The van der Waals surface area contributed by atoms with Crippen molar-refractivity contribution in [2.45, 2.75) is 57.7 Å². The van der Waals surface area contributed by atoms with Crippen LogP contribution < -0.4 is 9.62 Å². The molecule has 0 saturated heterocycles. The number of para-hydroxylation sites is 1. The maximum absolute atomic E-state index is 14.2. The number of hydrogen-bond donors (Lipinski definition) is 1. The van der Waals surface area contributed by atoms with E-state index in [2.05, 4.69) is 21.2 Å². The molecule has 1 N–H and O–H groups in total. The summed E-state index contributed by atoms with van der Waals surface area (Å²) in [5, 5.41) is 3.18. The fraction of sp³-hybridized carbons (Fsp3) is 0.355. The van der Waals surface area contributed by atoms with E-state index in [4.69, 9.17) is 0 Å². The molecule has 0 radical (unpaired) electrons. The molecule has 0 spiro atoms. The van der Waals surface area contributed by atoms with Crippen LogP contribution in [0.25, 0.3) is 0 Å². The Morgan fingerprint density at radius 1 is 0.950 bits per heavy atom. The maximum Gasteiger partial charge on any atom is 0.244 e. The summed E-state index contributed by atoms with van der Waals surface area (Å²) in [6.45, 7) is 1.71. The van der Waals surface area contributed by atoms with Crippen molar-refractivity contribution >= 4 is 43.5 Å². The van der Waals surface area contributed by atoms with Gasteiger partial charge >= 0.3 is 0 Å². The van der Waals surface area contributed by atoms with Crippen molar-refractivity contribution < 1.29 is 18.0 Å². The lowest BCUT2D eigenvalue weighted by Gasteiger charge is -2.34. The number of carbonyl (C=O) groups excluding carboxylic acids is 2. The van der Waals surface area contributed by atoms with Crippen LogP contribution in [0.5, 0.6) is 0 Å². The Balaban J connectivity index is 1.73. The summed E-state index contributed by atoms with van der Waals surface area (Å²) in [5.41, 5.74) is 3.18. The van der Waals surface area contributed by atoms with Crippen LogP contribution in [-0.4, -0.2) is 50.0 Å². The van der Waals surface area contributed by atoms with Crippen molar-refractivity contribution in [3.05, 3.63) is 100 Å². The molecule has 0 aliphatic heterocycles. The average molecular weight is 627 g/mol. The van der Waals surface area contributed by atoms with Gasteiger partial charge in [-0.2, -0.15) is 0 Å². The molecular weight excluding hydrogens is 590 g/mol. The topological polar surface area (TPSA) is 86.8 Å². The summed E-state index contributed by atoms with van der Waals surface area (Å²) in [6, 6.07) is 23.5. The summed E-state index contributed by atoms with van der Waals surface area (Å²) >= 11 is 3.43. The number of benzene rings is 3. The molecule has 1 aliphatic carbocycles. The van der Waals surface area contributed by atoms with Crippen molar-refractivity contribution in [3.8, 4) is 0 Å². The Kier molecular flexibility index (Phi) is 10.0. The van der Waals surface area contributed by atoms with E-state index in [1.807, 2.05) is 61.5 Å². The highest BCUT2D eigenvalue weighted by Crippen LogP contribution is 2.28. The summed E-state index contributed by atoms with van der Waals surface area (Å²) in [4.78, 5) is 29.6. The van der Waals surface area contributed by atoms with Gasteiger partial charge in [-0.25, -0.2) is 8.42 Å². The molecule has 0 aromatic heterocycles. The van der Waals surface area contributed by atoms with Crippen molar-refractivity contribution in [2.24, 2.45) is 0 Å². The van der Waals surface area contributed by atoms with Crippen LogP contribution in [0.4, 0.5) is 5.69 Å². The molecule has 2 amide bonds. The molecule has 1 aliphatic rings. The molecule has 7 nitrogen and oxygen atoms in total. The van der Waals surface area contributed by atoms with Gasteiger partial charge in [0.25, 0.3) is 0 Å². The van der Waals surface area contributed by atoms with Crippen LogP contribution in [-0.2, 0) is 32.6 Å². The minimum atomic E-state index is -3.82. The van der Waals surface area contributed by atoms with E-state index in [1.165, 1.54) is 0 Å². The highest BCUT2D eigenvalue weighted by Gasteiger charge is 2.34. The van der Waals surface area contributed by atoms with E-state index < -0.39 is 28.5 Å². The number of halogens is 1. The maximum atomic E-state index is 14.2. The first kappa shape index (κ1) is 29.8. The van der Waals surface area contributed by atoms with Crippen LogP contribution >= 0.6 is 15.9 Å². The number of amides is 2. The molecule has 1 fully saturated rings. The third-order valence-corrected chi connectivity index (χ3v) is 9.01. The van der Waals surface area contributed by atoms with E-state index in [0.717, 1.165) is 52.9 Å². The van der Waals surface area contributed by atoms with Crippen LogP contribution in [0.1, 0.15) is 42.4 Å². The van der Waals surface area contributed by atoms with Crippen LogP contribution in [0.2, 0.25) is 0 Å². The highest BCUT2D eigenvalue weighted by atomic mass is 79.9. The second-order valence-corrected chi connectivity index (χ2v) is 13.2. The number of sulfonamides is 1. The monoisotopic (exact) mass is 625 g/mol. The first-order chi connectivity index (χ1) is 19.1. The number of aryl methyl sites for hydroxylation is 1. The van der Waals surface area contributed by atoms with Gasteiger partial charge in [0.2, 0.25) is 21.8 Å². The second-order valence-electron chi connectivity index (χ2n) is 10.4. The summed E-state index contributed by atoms with van der Waals surface area (Å²) < 4.78 is 27.5. The first-order valence-corrected chi connectivity index (χ1v) is 16.2. The van der Waals surface area contributed by atoms with E-state index in [1.54, 1.807) is 29.2 Å². The predicted octanol–water partition coefficient (Wildman–Crippen LogP) is 5.22. The SMILES string of the molecule is Cc1cccc(CN(C(=O)CN(c2ccccc2Br)S(C)(=O)=O)[C@H](Cc2ccccc2)C(=O)NC2CCCC2)c1. The smallest absolute Gasteiger partial charge is 0.244 e. The number of rotatable bonds is 11. The van der Waals surface area contributed by atoms with E-state index in [-0.39, 0.29) is 18.5 Å². The Bertz CT molecular complexity index is 1430. The van der Waals surface area contributed by atoms with Crippen molar-refractivity contribution in [1.82, 2.24) is 10.2 Å². The number of nitrogens with one attached hydrogen (secondary N) is 1. The highest BCUT2D eigenvalue weighted by molar-refractivity contribution is 9.10. The molecule has 212 valence electrons. The van der Waals surface area contributed by atoms with E-state index in [0.29, 0.717) is 16.6 Å². The van der Waals surface area contributed by atoms with Gasteiger partial charge in [-0.1, -0.05) is 85.1 Å². The molecule has 0 bridgehead atoms. The summed E-state index contributed by atoms with van der Waals surface area (Å²) in [7, 11) is -3.82. The molecule has 1 saturated carbocycles. The molecule has 9 heteroatoms. The fourth-order valence-corrected chi connectivity index (χ4v) is 6.66. The zero-order valence-electron chi connectivity index (χ0n) is 22.9. The minimum absolute atomic E-state index is 0.0782. The van der Waals surface area contributed by atoms with Gasteiger partial charge in [0, 0.05) is 23.5 Å². The third-order valence-electron chi connectivity index (χ3n) is 7.21. The zero-order chi connectivity index (χ0) is 28.7. The molecular formula is C31H36BrN3O4S. The fourth-order valence-electron chi connectivity index (χ4n) is 5.18. The van der Waals surface area contributed by atoms with Gasteiger partial charge in [-0.3, -0.25) is 13.9 Å².